The molecule has 0 atom stereocenters. The molecule has 0 aliphatic carbocycles. The summed E-state index contributed by atoms with van der Waals surface area (Å²) >= 11 is 0. The summed E-state index contributed by atoms with van der Waals surface area (Å²) in [6.07, 6.45) is 6.58. The van der Waals surface area contributed by atoms with Crippen LogP contribution in [0, 0.1) is 5.92 Å². The van der Waals surface area contributed by atoms with Gasteiger partial charge in [-0.2, -0.15) is 0 Å². The Bertz CT molecular complexity index is 255. The Kier molecular flexibility index (Phi) is 12.0. The van der Waals surface area contributed by atoms with Gasteiger partial charge >= 0.3 is 0 Å². The van der Waals surface area contributed by atoms with Crippen LogP contribution < -0.4 is 11.5 Å². The normalized spacial score (nSPS) is 10.1. The van der Waals surface area contributed by atoms with Crippen molar-refractivity contribution < 1.29 is 0 Å². The second-order valence-corrected chi connectivity index (χ2v) is 4.66. The smallest absolute Gasteiger partial charge is 0.0178 e. The van der Waals surface area contributed by atoms with Crippen molar-refractivity contribution in [2.75, 3.05) is 6.54 Å². The Labute approximate surface area is 113 Å². The molecule has 0 unspecified atom stereocenters. The maximum absolute atomic E-state index is 5.40. The van der Waals surface area contributed by atoms with Gasteiger partial charge in [-0.3, -0.25) is 0 Å². The zero-order valence-corrected chi connectivity index (χ0v) is 12.1. The van der Waals surface area contributed by atoms with E-state index in [1.165, 1.54) is 37.7 Å². The first-order chi connectivity index (χ1) is 8.78. The Balaban J connectivity index is 0.000000327. The van der Waals surface area contributed by atoms with Crippen LogP contribution in [0.1, 0.15) is 51.5 Å². The van der Waals surface area contributed by atoms with Crippen LogP contribution in [0.25, 0.3) is 0 Å². The van der Waals surface area contributed by atoms with Gasteiger partial charge < -0.3 is 11.5 Å². The molecule has 0 aromatic heterocycles. The maximum atomic E-state index is 5.40. The lowest BCUT2D eigenvalue weighted by molar-refractivity contribution is 0.435. The van der Waals surface area contributed by atoms with E-state index in [4.69, 9.17) is 11.5 Å². The molecule has 18 heavy (non-hydrogen) atoms. The van der Waals surface area contributed by atoms with Crippen molar-refractivity contribution in [1.82, 2.24) is 0 Å². The number of benzene rings is 1. The summed E-state index contributed by atoms with van der Waals surface area (Å²) in [4.78, 5) is 0. The first-order valence-electron chi connectivity index (χ1n) is 7.22. The molecule has 0 bridgehead atoms. The van der Waals surface area contributed by atoms with Crippen LogP contribution in [0.2, 0.25) is 0 Å². The second-order valence-electron chi connectivity index (χ2n) is 4.66. The number of hydrogen-bond acceptors (Lipinski definition) is 2. The van der Waals surface area contributed by atoms with Crippen LogP contribution in [-0.4, -0.2) is 6.54 Å². The molecule has 2 nitrogen and oxygen atoms in total. The van der Waals surface area contributed by atoms with Gasteiger partial charge in [-0.25, -0.2) is 0 Å². The van der Waals surface area contributed by atoms with Gasteiger partial charge in [0.1, 0.15) is 0 Å². The summed E-state index contributed by atoms with van der Waals surface area (Å²) in [5.74, 6) is 0.951. The third-order valence-corrected chi connectivity index (χ3v) is 3.30. The number of rotatable bonds is 7. The fourth-order valence-electron chi connectivity index (χ4n) is 1.89. The Morgan fingerprint density at radius 1 is 0.944 bits per heavy atom. The fourth-order valence-corrected chi connectivity index (χ4v) is 1.89. The second kappa shape index (κ2) is 12.6. The topological polar surface area (TPSA) is 52.0 Å². The summed E-state index contributed by atoms with van der Waals surface area (Å²) in [6, 6.07) is 9.99. The average molecular weight is 250 g/mol. The third kappa shape index (κ3) is 9.20. The van der Waals surface area contributed by atoms with E-state index in [9.17, 15) is 0 Å². The molecule has 1 aromatic rings. The zero-order chi connectivity index (χ0) is 13.6. The fraction of sp³-hybridized carbons (Fsp3) is 0.625. The van der Waals surface area contributed by atoms with Gasteiger partial charge in [-0.05, 0) is 24.4 Å². The summed E-state index contributed by atoms with van der Waals surface area (Å²) < 4.78 is 0. The molecule has 0 fully saturated rings. The standard InChI is InChI=1S/C9H21N.C7H9N/c1-3-9(4-2)7-5-6-8-10;8-6-7-4-2-1-3-5-7/h9H,3-8,10H2,1-2H3;1-5H,6,8H2. The lowest BCUT2D eigenvalue weighted by atomic mass is 9.97. The summed E-state index contributed by atoms with van der Waals surface area (Å²) in [7, 11) is 0. The maximum Gasteiger partial charge on any atom is 0.0178 e. The highest BCUT2D eigenvalue weighted by molar-refractivity contribution is 5.13. The van der Waals surface area contributed by atoms with E-state index in [1.807, 2.05) is 30.3 Å². The lowest BCUT2D eigenvalue weighted by Gasteiger charge is -2.10. The monoisotopic (exact) mass is 250 g/mol. The molecule has 0 spiro atoms. The van der Waals surface area contributed by atoms with Crippen molar-refractivity contribution >= 4 is 0 Å². The van der Waals surface area contributed by atoms with Crippen LogP contribution >= 0.6 is 0 Å². The van der Waals surface area contributed by atoms with Crippen molar-refractivity contribution in [3.05, 3.63) is 35.9 Å². The summed E-state index contributed by atoms with van der Waals surface area (Å²) in [6.45, 7) is 6.05. The predicted octanol–water partition coefficient (Wildman–Crippen LogP) is 3.70. The third-order valence-electron chi connectivity index (χ3n) is 3.30. The Morgan fingerprint density at radius 2 is 1.56 bits per heavy atom. The van der Waals surface area contributed by atoms with Gasteiger partial charge in [0, 0.05) is 6.54 Å². The minimum Gasteiger partial charge on any atom is -0.330 e. The Morgan fingerprint density at radius 3 is 1.94 bits per heavy atom. The molecule has 0 saturated carbocycles. The SMILES string of the molecule is CCC(CC)CCCCN.NCc1ccccc1. The minimum atomic E-state index is 0.640. The zero-order valence-electron chi connectivity index (χ0n) is 12.1. The first-order valence-corrected chi connectivity index (χ1v) is 7.22. The molecule has 1 aromatic carbocycles. The van der Waals surface area contributed by atoms with Gasteiger partial charge in [0.2, 0.25) is 0 Å². The van der Waals surface area contributed by atoms with Crippen molar-refractivity contribution in [1.29, 1.82) is 0 Å². The van der Waals surface area contributed by atoms with Crippen LogP contribution in [0.4, 0.5) is 0 Å². The van der Waals surface area contributed by atoms with Crippen molar-refractivity contribution in [3.63, 3.8) is 0 Å². The molecule has 104 valence electrons. The first kappa shape index (κ1) is 17.1. The largest absolute Gasteiger partial charge is 0.330 e. The number of unbranched alkanes of at least 4 members (excludes halogenated alkanes) is 1. The average Bonchev–Trinajstić information content (AvgIpc) is 2.45. The van der Waals surface area contributed by atoms with E-state index in [1.54, 1.807) is 0 Å². The van der Waals surface area contributed by atoms with Crippen LogP contribution in [0.5, 0.6) is 0 Å². The molecule has 0 aliphatic rings. The predicted molar refractivity (Wildman–Crippen MR) is 81.3 cm³/mol. The van der Waals surface area contributed by atoms with E-state index in [-0.39, 0.29) is 0 Å². The van der Waals surface area contributed by atoms with Crippen LogP contribution in [-0.2, 0) is 6.54 Å². The molecule has 0 heterocycles. The number of hydrogen-bond donors (Lipinski definition) is 2. The van der Waals surface area contributed by atoms with Gasteiger partial charge in [0.05, 0.1) is 0 Å². The molecule has 0 amide bonds. The quantitative estimate of drug-likeness (QED) is 0.725. The molecule has 0 saturated heterocycles. The highest BCUT2D eigenvalue weighted by atomic mass is 14.5. The van der Waals surface area contributed by atoms with Crippen molar-refractivity contribution in [3.8, 4) is 0 Å². The van der Waals surface area contributed by atoms with Gasteiger partial charge in [0.15, 0.2) is 0 Å². The molecule has 4 N–H and O–H groups in total. The lowest BCUT2D eigenvalue weighted by Crippen LogP contribution is -2.01. The molecule has 2 heteroatoms. The van der Waals surface area contributed by atoms with E-state index in [0.29, 0.717) is 6.54 Å². The molecule has 0 radical (unpaired) electrons. The number of nitrogens with two attached hydrogens (primary N) is 2. The Hall–Kier alpha value is -0.860. The molecule has 0 aliphatic heterocycles. The van der Waals surface area contributed by atoms with Crippen molar-refractivity contribution in [2.24, 2.45) is 17.4 Å². The summed E-state index contributed by atoms with van der Waals surface area (Å²) in [5, 5.41) is 0. The molecular weight excluding hydrogens is 220 g/mol. The highest BCUT2D eigenvalue weighted by Crippen LogP contribution is 2.15. The van der Waals surface area contributed by atoms with Crippen LogP contribution in [0.3, 0.4) is 0 Å². The highest BCUT2D eigenvalue weighted by Gasteiger charge is 2.00. The van der Waals surface area contributed by atoms with E-state index in [0.717, 1.165) is 12.5 Å². The molecule has 1 rings (SSSR count). The summed E-state index contributed by atoms with van der Waals surface area (Å²) in [5.41, 5.74) is 11.9. The van der Waals surface area contributed by atoms with Gasteiger partial charge in [-0.1, -0.05) is 69.9 Å². The van der Waals surface area contributed by atoms with Gasteiger partial charge in [-0.15, -0.1) is 0 Å². The van der Waals surface area contributed by atoms with E-state index >= 15 is 0 Å². The van der Waals surface area contributed by atoms with Gasteiger partial charge in [0.25, 0.3) is 0 Å². The van der Waals surface area contributed by atoms with Crippen LogP contribution in [0.15, 0.2) is 30.3 Å². The van der Waals surface area contributed by atoms with E-state index < -0.39 is 0 Å². The molecular formula is C16H30N2. The van der Waals surface area contributed by atoms with E-state index in [2.05, 4.69) is 13.8 Å². The van der Waals surface area contributed by atoms with Crippen molar-refractivity contribution in [2.45, 2.75) is 52.5 Å². The minimum absolute atomic E-state index is 0.640.